The van der Waals surface area contributed by atoms with Crippen molar-refractivity contribution in [1.82, 2.24) is 0 Å². The van der Waals surface area contributed by atoms with Crippen molar-refractivity contribution in [3.05, 3.63) is 21.4 Å². The lowest BCUT2D eigenvalue weighted by atomic mass is 10.1. The maximum atomic E-state index is 10.0. The minimum Gasteiger partial charge on any atom is -0.388 e. The average molecular weight is 252 g/mol. The highest BCUT2D eigenvalue weighted by atomic mass is 32.2. The van der Waals surface area contributed by atoms with E-state index in [4.69, 9.17) is 6.42 Å². The number of fused-ring (bicyclic) bond motifs is 1. The second-order valence-electron chi connectivity index (χ2n) is 4.01. The number of thiophene rings is 1. The van der Waals surface area contributed by atoms with Crippen molar-refractivity contribution in [2.45, 2.75) is 37.5 Å². The van der Waals surface area contributed by atoms with Crippen LogP contribution in [0, 0.1) is 12.3 Å². The van der Waals surface area contributed by atoms with Crippen molar-refractivity contribution < 1.29 is 5.11 Å². The molecule has 0 spiro atoms. The minimum absolute atomic E-state index is 0.311. The molecule has 0 bridgehead atoms. The molecule has 1 aromatic heterocycles. The molecule has 2 rings (SSSR count). The number of terminal acetylenes is 1. The van der Waals surface area contributed by atoms with E-state index in [9.17, 15) is 5.11 Å². The third-order valence-electron chi connectivity index (χ3n) is 2.77. The molecule has 0 saturated carbocycles. The van der Waals surface area contributed by atoms with Crippen LogP contribution in [-0.4, -0.2) is 10.9 Å². The van der Waals surface area contributed by atoms with Crippen LogP contribution in [0.3, 0.4) is 0 Å². The van der Waals surface area contributed by atoms with E-state index in [1.165, 1.54) is 22.6 Å². The van der Waals surface area contributed by atoms with E-state index in [0.717, 1.165) is 29.9 Å². The van der Waals surface area contributed by atoms with Gasteiger partial charge in [0, 0.05) is 21.9 Å². The number of aliphatic hydroxyl groups is 1. The Hall–Kier alpha value is -0.430. The van der Waals surface area contributed by atoms with Gasteiger partial charge in [-0.05, 0) is 36.6 Å². The van der Waals surface area contributed by atoms with Crippen LogP contribution in [0.2, 0.25) is 0 Å². The highest BCUT2D eigenvalue weighted by Gasteiger charge is 2.17. The van der Waals surface area contributed by atoms with Gasteiger partial charge in [0.05, 0.1) is 6.10 Å². The van der Waals surface area contributed by atoms with Crippen molar-refractivity contribution in [2.75, 3.05) is 5.75 Å². The topological polar surface area (TPSA) is 20.2 Å². The van der Waals surface area contributed by atoms with Crippen LogP contribution in [0.4, 0.5) is 0 Å². The largest absolute Gasteiger partial charge is 0.388 e. The molecule has 0 radical (unpaired) electrons. The number of rotatable bonds is 4. The molecule has 1 atom stereocenters. The number of hydrogen-bond donors (Lipinski definition) is 1. The summed E-state index contributed by atoms with van der Waals surface area (Å²) >= 11 is 3.77. The maximum Gasteiger partial charge on any atom is 0.0882 e. The van der Waals surface area contributed by atoms with Gasteiger partial charge in [0.1, 0.15) is 0 Å². The van der Waals surface area contributed by atoms with E-state index in [-0.39, 0.29) is 6.10 Å². The predicted molar refractivity (Wildman–Crippen MR) is 71.8 cm³/mol. The van der Waals surface area contributed by atoms with Gasteiger partial charge in [-0.25, -0.2) is 0 Å². The lowest BCUT2D eigenvalue weighted by Gasteiger charge is -2.08. The van der Waals surface area contributed by atoms with Crippen LogP contribution in [0.1, 0.15) is 40.7 Å². The van der Waals surface area contributed by atoms with Crippen molar-refractivity contribution in [3.63, 3.8) is 0 Å². The standard InChI is InChI=1S/C13H16OS2/c1-2-3-4-5-11(14)13-8-10-9-15-7-6-12(10)16-13/h1,8,11,14H,3-7,9H2. The van der Waals surface area contributed by atoms with Gasteiger partial charge in [-0.1, -0.05) is 0 Å². The van der Waals surface area contributed by atoms with Crippen LogP contribution in [0.5, 0.6) is 0 Å². The van der Waals surface area contributed by atoms with Gasteiger partial charge in [0.25, 0.3) is 0 Å². The highest BCUT2D eigenvalue weighted by molar-refractivity contribution is 7.98. The number of hydrogen-bond acceptors (Lipinski definition) is 3. The van der Waals surface area contributed by atoms with E-state index in [1.807, 2.05) is 11.8 Å². The Labute approximate surface area is 105 Å². The van der Waals surface area contributed by atoms with E-state index in [1.54, 1.807) is 11.3 Å². The molecule has 1 aliphatic heterocycles. The lowest BCUT2D eigenvalue weighted by Crippen LogP contribution is -1.96. The fourth-order valence-electron chi connectivity index (χ4n) is 1.87. The molecule has 0 fully saturated rings. The molecule has 86 valence electrons. The summed E-state index contributed by atoms with van der Waals surface area (Å²) in [6, 6.07) is 2.19. The summed E-state index contributed by atoms with van der Waals surface area (Å²) in [7, 11) is 0. The Morgan fingerprint density at radius 2 is 2.44 bits per heavy atom. The van der Waals surface area contributed by atoms with E-state index in [0.29, 0.717) is 0 Å². The number of aliphatic hydroxyl groups excluding tert-OH is 1. The van der Waals surface area contributed by atoms with Crippen LogP contribution in [-0.2, 0) is 12.2 Å². The van der Waals surface area contributed by atoms with Gasteiger partial charge < -0.3 is 5.11 Å². The summed E-state index contributed by atoms with van der Waals surface area (Å²) in [5.74, 6) is 4.95. The monoisotopic (exact) mass is 252 g/mol. The summed E-state index contributed by atoms with van der Waals surface area (Å²) in [4.78, 5) is 2.61. The summed E-state index contributed by atoms with van der Waals surface area (Å²) in [5.41, 5.74) is 1.44. The number of thioether (sulfide) groups is 1. The molecule has 1 aromatic rings. The number of aryl methyl sites for hydroxylation is 1. The highest BCUT2D eigenvalue weighted by Crippen LogP contribution is 2.35. The molecule has 0 aromatic carbocycles. The molecule has 1 N–H and O–H groups in total. The van der Waals surface area contributed by atoms with Crippen molar-refractivity contribution in [1.29, 1.82) is 0 Å². The van der Waals surface area contributed by atoms with Gasteiger partial charge in [-0.15, -0.1) is 23.7 Å². The molecule has 1 unspecified atom stereocenters. The second kappa shape index (κ2) is 5.77. The molecule has 0 aliphatic carbocycles. The predicted octanol–water partition coefficient (Wildman–Crippen LogP) is 3.37. The van der Waals surface area contributed by atoms with Crippen LogP contribution < -0.4 is 0 Å². The van der Waals surface area contributed by atoms with Crippen molar-refractivity contribution >= 4 is 23.1 Å². The fourth-order valence-corrected chi connectivity index (χ4v) is 4.27. The van der Waals surface area contributed by atoms with E-state index < -0.39 is 0 Å². The molecule has 0 amide bonds. The third kappa shape index (κ3) is 2.82. The fraction of sp³-hybridized carbons (Fsp3) is 0.538. The molecule has 1 nitrogen and oxygen atoms in total. The van der Waals surface area contributed by atoms with E-state index >= 15 is 0 Å². The summed E-state index contributed by atoms with van der Waals surface area (Å²) in [5, 5.41) is 10.0. The zero-order valence-corrected chi connectivity index (χ0v) is 10.9. The zero-order valence-electron chi connectivity index (χ0n) is 9.24. The minimum atomic E-state index is -0.311. The van der Waals surface area contributed by atoms with Gasteiger partial charge in [-0.3, -0.25) is 0 Å². The Morgan fingerprint density at radius 1 is 1.56 bits per heavy atom. The molecule has 16 heavy (non-hydrogen) atoms. The first-order valence-electron chi connectivity index (χ1n) is 5.62. The molecule has 2 heterocycles. The number of unbranched alkanes of at least 4 members (excludes halogenated alkanes) is 1. The van der Waals surface area contributed by atoms with Gasteiger partial charge in [0.15, 0.2) is 0 Å². The average Bonchev–Trinajstić information content (AvgIpc) is 2.73. The van der Waals surface area contributed by atoms with Crippen LogP contribution in [0.15, 0.2) is 6.07 Å². The molecule has 1 aliphatic rings. The Kier molecular flexibility index (Phi) is 4.34. The smallest absolute Gasteiger partial charge is 0.0882 e. The van der Waals surface area contributed by atoms with Crippen molar-refractivity contribution in [3.8, 4) is 12.3 Å². The van der Waals surface area contributed by atoms with Crippen LogP contribution in [0.25, 0.3) is 0 Å². The van der Waals surface area contributed by atoms with Crippen molar-refractivity contribution in [2.24, 2.45) is 0 Å². The first-order valence-corrected chi connectivity index (χ1v) is 7.59. The quantitative estimate of drug-likeness (QED) is 0.655. The summed E-state index contributed by atoms with van der Waals surface area (Å²) in [6.07, 6.45) is 8.52. The summed E-state index contributed by atoms with van der Waals surface area (Å²) < 4.78 is 0. The third-order valence-corrected chi connectivity index (χ3v) is 5.12. The molecular weight excluding hydrogens is 236 g/mol. The normalized spacial score (nSPS) is 16.5. The Balaban J connectivity index is 1.98. The molecule has 3 heteroatoms. The van der Waals surface area contributed by atoms with Crippen LogP contribution >= 0.6 is 23.1 Å². The summed E-state index contributed by atoms with van der Waals surface area (Å²) in [6.45, 7) is 0. The Morgan fingerprint density at radius 3 is 3.19 bits per heavy atom. The second-order valence-corrected chi connectivity index (χ2v) is 6.29. The Bertz CT molecular complexity index is 366. The van der Waals surface area contributed by atoms with Gasteiger partial charge in [-0.2, -0.15) is 11.8 Å². The molecular formula is C13H16OS2. The maximum absolute atomic E-state index is 10.0. The first kappa shape index (κ1) is 12.0. The lowest BCUT2D eigenvalue weighted by molar-refractivity contribution is 0.169. The van der Waals surface area contributed by atoms with E-state index in [2.05, 4.69) is 12.0 Å². The van der Waals surface area contributed by atoms with Gasteiger partial charge >= 0.3 is 0 Å². The first-order chi connectivity index (χ1) is 7.81. The van der Waals surface area contributed by atoms with Gasteiger partial charge in [0.2, 0.25) is 0 Å². The zero-order chi connectivity index (χ0) is 11.4. The molecule has 0 saturated heterocycles. The SMILES string of the molecule is C#CCCCC(O)c1cc2c(s1)CCSC2.